The number of nitrogens with one attached hydrogen (secondary N) is 1. The summed E-state index contributed by atoms with van der Waals surface area (Å²) in [6.07, 6.45) is -1.49. The Morgan fingerprint density at radius 1 is 1.25 bits per heavy atom. The van der Waals surface area contributed by atoms with Crippen LogP contribution in [0.3, 0.4) is 0 Å². The highest BCUT2D eigenvalue weighted by Gasteiger charge is 2.34. The molecule has 1 aromatic carbocycles. The van der Waals surface area contributed by atoms with Gasteiger partial charge in [0.1, 0.15) is 12.3 Å². The lowest BCUT2D eigenvalue weighted by Gasteiger charge is -2.22. The first-order valence-electron chi connectivity index (χ1n) is 15.0. The van der Waals surface area contributed by atoms with E-state index < -0.39 is 41.8 Å². The summed E-state index contributed by atoms with van der Waals surface area (Å²) in [5.74, 6) is -1.05. The van der Waals surface area contributed by atoms with Crippen molar-refractivity contribution in [2.24, 2.45) is 0 Å². The Kier molecular flexibility index (Phi) is 9.22. The SMILES string of the molecule is CCN(CCC1OCc2c1c(=O)n1nc(C3=CCOCC3)nc1n2CC(=O)Nc1ccc(C(F)(F)F)cc1Cl)C(=O)c1ncccc1O. The quantitative estimate of drug-likeness (QED) is 0.263. The first-order valence-corrected chi connectivity index (χ1v) is 15.3. The first-order chi connectivity index (χ1) is 23.0. The molecule has 48 heavy (non-hydrogen) atoms. The Morgan fingerprint density at radius 2 is 2.06 bits per heavy atom. The number of anilines is 1. The highest BCUT2D eigenvalue weighted by molar-refractivity contribution is 6.33. The van der Waals surface area contributed by atoms with Crippen molar-refractivity contribution in [3.05, 3.63) is 86.3 Å². The molecule has 2 N–H and O–H groups in total. The Bertz CT molecular complexity index is 1990. The van der Waals surface area contributed by atoms with Crippen molar-refractivity contribution in [2.45, 2.75) is 45.2 Å². The topological polar surface area (TPSA) is 153 Å². The number of pyridine rings is 1. The van der Waals surface area contributed by atoms with E-state index in [1.54, 1.807) is 6.92 Å². The van der Waals surface area contributed by atoms with Gasteiger partial charge in [0.05, 0.1) is 53.5 Å². The number of halogens is 4. The van der Waals surface area contributed by atoms with Gasteiger partial charge in [-0.15, -0.1) is 5.10 Å². The molecular formula is C31H29ClF3N7O6. The fourth-order valence-corrected chi connectivity index (χ4v) is 5.86. The second-order valence-corrected chi connectivity index (χ2v) is 11.4. The predicted molar refractivity (Wildman–Crippen MR) is 165 cm³/mol. The van der Waals surface area contributed by atoms with E-state index in [-0.39, 0.29) is 65.4 Å². The van der Waals surface area contributed by atoms with Gasteiger partial charge in [-0.25, -0.2) is 4.98 Å². The second kappa shape index (κ2) is 13.4. The molecule has 0 radical (unpaired) electrons. The smallest absolute Gasteiger partial charge is 0.416 e. The van der Waals surface area contributed by atoms with Crippen LogP contribution in [0.4, 0.5) is 18.9 Å². The van der Waals surface area contributed by atoms with Crippen LogP contribution >= 0.6 is 11.6 Å². The van der Waals surface area contributed by atoms with E-state index in [0.29, 0.717) is 25.3 Å². The summed E-state index contributed by atoms with van der Waals surface area (Å²) in [7, 11) is 0. The third-order valence-electron chi connectivity index (χ3n) is 8.08. The molecule has 2 amide bonds. The van der Waals surface area contributed by atoms with Crippen LogP contribution in [-0.4, -0.2) is 72.3 Å². The van der Waals surface area contributed by atoms with Gasteiger partial charge in [0.15, 0.2) is 11.5 Å². The van der Waals surface area contributed by atoms with Crippen molar-refractivity contribution in [2.75, 3.05) is 31.6 Å². The molecule has 3 aromatic heterocycles. The van der Waals surface area contributed by atoms with Crippen molar-refractivity contribution < 1.29 is 37.3 Å². The van der Waals surface area contributed by atoms with Gasteiger partial charge in [-0.05, 0) is 55.7 Å². The van der Waals surface area contributed by atoms with Gasteiger partial charge in [0.25, 0.3) is 11.5 Å². The van der Waals surface area contributed by atoms with Crippen molar-refractivity contribution in [3.63, 3.8) is 0 Å². The molecule has 0 fully saturated rings. The van der Waals surface area contributed by atoms with Crippen molar-refractivity contribution in [3.8, 4) is 5.75 Å². The summed E-state index contributed by atoms with van der Waals surface area (Å²) in [4.78, 5) is 50.4. The molecule has 1 unspecified atom stereocenters. The van der Waals surface area contributed by atoms with E-state index >= 15 is 0 Å². The zero-order valence-corrected chi connectivity index (χ0v) is 26.2. The van der Waals surface area contributed by atoms with E-state index in [2.05, 4.69) is 20.4 Å². The Hall–Kier alpha value is -4.80. The zero-order valence-electron chi connectivity index (χ0n) is 25.5. The van der Waals surface area contributed by atoms with E-state index in [4.69, 9.17) is 21.1 Å². The molecule has 4 aromatic rings. The minimum absolute atomic E-state index is 0.0321. The summed E-state index contributed by atoms with van der Waals surface area (Å²) in [6, 6.07) is 5.45. The van der Waals surface area contributed by atoms with Gasteiger partial charge in [0, 0.05) is 19.3 Å². The van der Waals surface area contributed by atoms with Crippen molar-refractivity contribution in [1.29, 1.82) is 0 Å². The van der Waals surface area contributed by atoms with Crippen LogP contribution in [0.15, 0.2) is 47.4 Å². The van der Waals surface area contributed by atoms with Gasteiger partial charge < -0.3 is 29.4 Å². The Labute approximate surface area is 275 Å². The summed E-state index contributed by atoms with van der Waals surface area (Å²) >= 11 is 6.07. The number of hydrogen-bond donors (Lipinski definition) is 2. The molecule has 2 aliphatic heterocycles. The number of hydrogen-bond acceptors (Lipinski definition) is 9. The molecule has 5 heterocycles. The van der Waals surface area contributed by atoms with E-state index in [9.17, 15) is 32.7 Å². The number of fused-ring (bicyclic) bond motifs is 2. The molecule has 0 aliphatic carbocycles. The highest BCUT2D eigenvalue weighted by atomic mass is 35.5. The average Bonchev–Trinajstić information content (AvgIpc) is 3.70. The number of benzene rings is 1. The largest absolute Gasteiger partial charge is 0.505 e. The van der Waals surface area contributed by atoms with Crippen molar-refractivity contribution >= 4 is 40.5 Å². The van der Waals surface area contributed by atoms with Crippen LogP contribution < -0.4 is 10.9 Å². The molecule has 17 heteroatoms. The van der Waals surface area contributed by atoms with Crippen LogP contribution in [0.5, 0.6) is 5.75 Å². The first kappa shape index (κ1) is 33.1. The molecule has 252 valence electrons. The van der Waals surface area contributed by atoms with Gasteiger partial charge in [-0.3, -0.25) is 14.4 Å². The number of carbonyl (C=O) groups excluding carboxylic acids is 2. The highest BCUT2D eigenvalue weighted by Crippen LogP contribution is 2.35. The molecule has 6 rings (SSSR count). The van der Waals surface area contributed by atoms with Gasteiger partial charge in [0.2, 0.25) is 11.7 Å². The summed E-state index contributed by atoms with van der Waals surface area (Å²) in [5, 5.41) is 16.8. The lowest BCUT2D eigenvalue weighted by Crippen LogP contribution is -2.34. The van der Waals surface area contributed by atoms with Crippen molar-refractivity contribution in [1.82, 2.24) is 29.0 Å². The molecule has 1 atom stereocenters. The lowest BCUT2D eigenvalue weighted by atomic mass is 10.1. The number of rotatable bonds is 9. The van der Waals surface area contributed by atoms with E-state index in [1.807, 2.05) is 6.08 Å². The maximum atomic E-state index is 13.9. The Balaban J connectivity index is 1.32. The second-order valence-electron chi connectivity index (χ2n) is 11.0. The minimum Gasteiger partial charge on any atom is -0.505 e. The monoisotopic (exact) mass is 687 g/mol. The van der Waals surface area contributed by atoms with Crippen LogP contribution in [-0.2, 0) is 33.6 Å². The number of amides is 2. The molecule has 2 aliphatic rings. The van der Waals surface area contributed by atoms with Gasteiger partial charge in [-0.2, -0.15) is 22.7 Å². The summed E-state index contributed by atoms with van der Waals surface area (Å²) < 4.78 is 53.4. The van der Waals surface area contributed by atoms with Gasteiger partial charge in [-0.1, -0.05) is 17.7 Å². The fourth-order valence-electron chi connectivity index (χ4n) is 5.63. The number of carbonyl (C=O) groups is 2. The standard InChI is InChI=1S/C31H29ClF3N7O6/c1-2-40(29(46)26-22(43)4-3-10-36-26)11-7-23-25-21(16-48-23)41(15-24(44)37-20-6-5-18(14-19(20)32)31(33,34)35)30-38-27(39-42(30)28(25)45)17-8-12-47-13-9-17/h3-6,8,10,14,23,43H,2,7,9,11-13,15-16H2,1H3,(H,37,44). The number of ether oxygens (including phenoxy) is 2. The molecule has 0 bridgehead atoms. The molecular weight excluding hydrogens is 659 g/mol. The average molecular weight is 688 g/mol. The molecule has 13 nitrogen and oxygen atoms in total. The lowest BCUT2D eigenvalue weighted by molar-refractivity contribution is -0.137. The van der Waals surface area contributed by atoms with Crippen LogP contribution in [0.2, 0.25) is 5.02 Å². The summed E-state index contributed by atoms with van der Waals surface area (Å²) in [6.45, 7) is 2.52. The predicted octanol–water partition coefficient (Wildman–Crippen LogP) is 4.23. The van der Waals surface area contributed by atoms with Gasteiger partial charge >= 0.3 is 6.18 Å². The molecule has 0 saturated heterocycles. The third-order valence-corrected chi connectivity index (χ3v) is 8.39. The maximum Gasteiger partial charge on any atom is 0.416 e. The number of nitrogens with zero attached hydrogens (tertiary/aromatic N) is 6. The maximum absolute atomic E-state index is 13.9. The Morgan fingerprint density at radius 3 is 2.75 bits per heavy atom. The normalized spacial score (nSPS) is 16.1. The number of aromatic hydroxyl groups is 1. The zero-order chi connectivity index (χ0) is 34.2. The van der Waals surface area contributed by atoms with Crippen LogP contribution in [0.1, 0.15) is 59.0 Å². The number of alkyl halides is 3. The third kappa shape index (κ3) is 6.50. The fraction of sp³-hybridized carbons (Fsp3) is 0.355. The number of aromatic nitrogens is 5. The molecule has 0 saturated carbocycles. The summed E-state index contributed by atoms with van der Waals surface area (Å²) in [5.41, 5.74) is -0.254. The minimum atomic E-state index is -4.61. The van der Waals surface area contributed by atoms with E-state index in [1.165, 1.54) is 27.8 Å². The molecule has 0 spiro atoms. The van der Waals surface area contributed by atoms with Crippen LogP contribution in [0, 0.1) is 0 Å². The van der Waals surface area contributed by atoms with Crippen LogP contribution in [0.25, 0.3) is 11.4 Å². The van der Waals surface area contributed by atoms with E-state index in [0.717, 1.165) is 28.3 Å².